The molecule has 0 spiro atoms. The van der Waals surface area contributed by atoms with Gasteiger partial charge in [0, 0.05) is 17.0 Å². The first-order chi connectivity index (χ1) is 8.29. The number of amides is 1. The van der Waals surface area contributed by atoms with Gasteiger partial charge in [-0.1, -0.05) is 0 Å². The Kier molecular flexibility index (Phi) is 6.54. The Bertz CT molecular complexity index is 377. The van der Waals surface area contributed by atoms with E-state index >= 15 is 0 Å². The van der Waals surface area contributed by atoms with E-state index in [1.165, 1.54) is 4.90 Å². The molecule has 5 heteroatoms. The minimum absolute atomic E-state index is 0. The molecule has 1 saturated heterocycles. The third-order valence-corrected chi connectivity index (χ3v) is 3.81. The Morgan fingerprint density at radius 3 is 2.72 bits per heavy atom. The summed E-state index contributed by atoms with van der Waals surface area (Å²) in [7, 11) is 0. The fraction of sp³-hybridized carbons (Fsp3) is 0.462. The number of carbonyl (C=O) groups is 1. The zero-order valence-corrected chi connectivity index (χ0v) is 12.1. The van der Waals surface area contributed by atoms with Crippen LogP contribution in [0.2, 0.25) is 0 Å². The van der Waals surface area contributed by atoms with Crippen molar-refractivity contribution in [3.63, 3.8) is 0 Å². The molecule has 0 radical (unpaired) electrons. The van der Waals surface area contributed by atoms with Gasteiger partial charge in [0.2, 0.25) is 0 Å². The number of carbonyl (C=O) groups excluding carboxylic acids is 1. The standard InChI is InChI=1S/C13H18N2OS.ClH/c1-17-12-4-2-11(3-5-12)13(16)15-9-10-6-7-14-8-10;/h2-5,10,14H,6-9H2,1H3,(H,15,16);1H. The van der Waals surface area contributed by atoms with Gasteiger partial charge < -0.3 is 10.6 Å². The van der Waals surface area contributed by atoms with Gasteiger partial charge in [-0.2, -0.15) is 0 Å². The van der Waals surface area contributed by atoms with Crippen LogP contribution in [0.3, 0.4) is 0 Å². The van der Waals surface area contributed by atoms with Gasteiger partial charge in [0.15, 0.2) is 0 Å². The molecule has 1 atom stereocenters. The number of thioether (sulfide) groups is 1. The van der Waals surface area contributed by atoms with Crippen LogP contribution >= 0.6 is 24.2 Å². The number of halogens is 1. The molecule has 1 heterocycles. The summed E-state index contributed by atoms with van der Waals surface area (Å²) < 4.78 is 0. The zero-order chi connectivity index (χ0) is 12.1. The molecular formula is C13H19ClN2OS. The normalized spacial score (nSPS) is 18.2. The molecule has 1 amide bonds. The average Bonchev–Trinajstić information content (AvgIpc) is 2.89. The molecule has 1 aromatic carbocycles. The van der Waals surface area contributed by atoms with Crippen LogP contribution in [-0.2, 0) is 0 Å². The molecular weight excluding hydrogens is 268 g/mol. The van der Waals surface area contributed by atoms with E-state index in [4.69, 9.17) is 0 Å². The molecule has 2 N–H and O–H groups in total. The van der Waals surface area contributed by atoms with Crippen LogP contribution in [0.4, 0.5) is 0 Å². The van der Waals surface area contributed by atoms with Crippen molar-refractivity contribution in [1.29, 1.82) is 0 Å². The highest BCUT2D eigenvalue weighted by molar-refractivity contribution is 7.98. The summed E-state index contributed by atoms with van der Waals surface area (Å²) in [5.41, 5.74) is 0.744. The van der Waals surface area contributed by atoms with Gasteiger partial charge in [-0.05, 0) is 55.9 Å². The van der Waals surface area contributed by atoms with E-state index in [0.29, 0.717) is 5.92 Å². The van der Waals surface area contributed by atoms with Crippen LogP contribution < -0.4 is 10.6 Å². The van der Waals surface area contributed by atoms with Gasteiger partial charge in [0.05, 0.1) is 0 Å². The van der Waals surface area contributed by atoms with E-state index in [2.05, 4.69) is 10.6 Å². The zero-order valence-electron chi connectivity index (χ0n) is 10.4. The Morgan fingerprint density at radius 1 is 1.44 bits per heavy atom. The molecule has 1 aliphatic heterocycles. The van der Waals surface area contributed by atoms with E-state index in [1.807, 2.05) is 30.5 Å². The van der Waals surface area contributed by atoms with Gasteiger partial charge in [0.1, 0.15) is 0 Å². The molecule has 0 bridgehead atoms. The fourth-order valence-electron chi connectivity index (χ4n) is 1.97. The Morgan fingerprint density at radius 2 is 2.17 bits per heavy atom. The SMILES string of the molecule is CSc1ccc(C(=O)NCC2CCNC2)cc1.Cl. The number of hydrogen-bond acceptors (Lipinski definition) is 3. The molecule has 2 rings (SSSR count). The number of benzene rings is 1. The van der Waals surface area contributed by atoms with Gasteiger partial charge in [-0.3, -0.25) is 4.79 Å². The van der Waals surface area contributed by atoms with Crippen molar-refractivity contribution in [3.05, 3.63) is 29.8 Å². The highest BCUT2D eigenvalue weighted by Crippen LogP contribution is 2.15. The van der Waals surface area contributed by atoms with E-state index in [1.54, 1.807) is 11.8 Å². The summed E-state index contributed by atoms with van der Waals surface area (Å²) in [6.07, 6.45) is 3.19. The van der Waals surface area contributed by atoms with Crippen LogP contribution in [-0.4, -0.2) is 31.8 Å². The van der Waals surface area contributed by atoms with E-state index in [-0.39, 0.29) is 18.3 Å². The highest BCUT2D eigenvalue weighted by Gasteiger charge is 2.15. The lowest BCUT2D eigenvalue weighted by Gasteiger charge is -2.10. The third kappa shape index (κ3) is 4.19. The van der Waals surface area contributed by atoms with Gasteiger partial charge in [0.25, 0.3) is 5.91 Å². The van der Waals surface area contributed by atoms with Gasteiger partial charge in [-0.15, -0.1) is 24.2 Å². The second kappa shape index (κ2) is 7.67. The van der Waals surface area contributed by atoms with Crippen LogP contribution in [0.5, 0.6) is 0 Å². The molecule has 18 heavy (non-hydrogen) atoms. The predicted octanol–water partition coefficient (Wildman–Crippen LogP) is 2.17. The summed E-state index contributed by atoms with van der Waals surface area (Å²) in [6, 6.07) is 7.73. The Labute approximate surface area is 119 Å². The topological polar surface area (TPSA) is 41.1 Å². The van der Waals surface area contributed by atoms with Crippen molar-refractivity contribution >= 4 is 30.1 Å². The average molecular weight is 287 g/mol. The van der Waals surface area contributed by atoms with Crippen LogP contribution in [0, 0.1) is 5.92 Å². The van der Waals surface area contributed by atoms with Crippen molar-refractivity contribution in [1.82, 2.24) is 10.6 Å². The second-order valence-electron chi connectivity index (χ2n) is 4.30. The molecule has 0 aromatic heterocycles. The predicted molar refractivity (Wildman–Crippen MR) is 78.8 cm³/mol. The molecule has 1 aliphatic rings. The Hall–Kier alpha value is -0.710. The lowest BCUT2D eigenvalue weighted by atomic mass is 10.1. The monoisotopic (exact) mass is 286 g/mol. The van der Waals surface area contributed by atoms with Gasteiger partial charge >= 0.3 is 0 Å². The molecule has 1 fully saturated rings. The summed E-state index contributed by atoms with van der Waals surface area (Å²) in [4.78, 5) is 13.0. The first-order valence-corrected chi connectivity index (χ1v) is 7.15. The lowest BCUT2D eigenvalue weighted by molar-refractivity contribution is 0.0948. The molecule has 100 valence electrons. The summed E-state index contributed by atoms with van der Waals surface area (Å²) in [6.45, 7) is 2.87. The van der Waals surface area contributed by atoms with Crippen molar-refractivity contribution in [3.8, 4) is 0 Å². The fourth-order valence-corrected chi connectivity index (χ4v) is 2.38. The smallest absolute Gasteiger partial charge is 0.251 e. The minimum atomic E-state index is 0. The van der Waals surface area contributed by atoms with Crippen LogP contribution in [0.25, 0.3) is 0 Å². The molecule has 3 nitrogen and oxygen atoms in total. The summed E-state index contributed by atoms with van der Waals surface area (Å²) in [5.74, 6) is 0.619. The first-order valence-electron chi connectivity index (χ1n) is 5.92. The van der Waals surface area contributed by atoms with Crippen molar-refractivity contribution in [2.75, 3.05) is 25.9 Å². The number of hydrogen-bond donors (Lipinski definition) is 2. The largest absolute Gasteiger partial charge is 0.352 e. The molecule has 0 aliphatic carbocycles. The van der Waals surface area contributed by atoms with Crippen molar-refractivity contribution in [2.45, 2.75) is 11.3 Å². The summed E-state index contributed by atoms with van der Waals surface area (Å²) in [5, 5.41) is 6.29. The van der Waals surface area contributed by atoms with Crippen molar-refractivity contribution < 1.29 is 4.79 Å². The number of nitrogens with one attached hydrogen (secondary N) is 2. The van der Waals surface area contributed by atoms with Gasteiger partial charge in [-0.25, -0.2) is 0 Å². The molecule has 1 aromatic rings. The first kappa shape index (κ1) is 15.3. The quantitative estimate of drug-likeness (QED) is 0.834. The highest BCUT2D eigenvalue weighted by atomic mass is 35.5. The third-order valence-electron chi connectivity index (χ3n) is 3.07. The van der Waals surface area contributed by atoms with Crippen LogP contribution in [0.1, 0.15) is 16.8 Å². The van der Waals surface area contributed by atoms with Crippen LogP contribution in [0.15, 0.2) is 29.2 Å². The van der Waals surface area contributed by atoms with E-state index in [9.17, 15) is 4.79 Å². The number of rotatable bonds is 4. The maximum atomic E-state index is 11.9. The van der Waals surface area contributed by atoms with Crippen molar-refractivity contribution in [2.24, 2.45) is 5.92 Å². The molecule has 1 unspecified atom stereocenters. The Balaban J connectivity index is 0.00000162. The molecule has 0 saturated carbocycles. The second-order valence-corrected chi connectivity index (χ2v) is 5.18. The maximum Gasteiger partial charge on any atom is 0.251 e. The van der Waals surface area contributed by atoms with E-state index < -0.39 is 0 Å². The van der Waals surface area contributed by atoms with E-state index in [0.717, 1.165) is 31.6 Å². The maximum absolute atomic E-state index is 11.9. The lowest BCUT2D eigenvalue weighted by Crippen LogP contribution is -2.30. The summed E-state index contributed by atoms with van der Waals surface area (Å²) >= 11 is 1.68. The minimum Gasteiger partial charge on any atom is -0.352 e.